The molecule has 4 rings (SSSR count). The highest BCUT2D eigenvalue weighted by atomic mass is 32.2. The first kappa shape index (κ1) is 24.7. The summed E-state index contributed by atoms with van der Waals surface area (Å²) in [5.74, 6) is 0.390. The molecule has 1 saturated heterocycles. The second-order valence-electron chi connectivity index (χ2n) is 8.20. The fraction of sp³-hybridized carbons (Fsp3) is 0.360. The number of nitrogens with one attached hydrogen (secondary N) is 1. The number of benzene rings is 2. The third-order valence-corrected chi connectivity index (χ3v) is 6.69. The lowest BCUT2D eigenvalue weighted by Gasteiger charge is -2.31. The van der Waals surface area contributed by atoms with Crippen LogP contribution in [0.3, 0.4) is 0 Å². The Labute approximate surface area is 207 Å². The van der Waals surface area contributed by atoms with E-state index in [4.69, 9.17) is 4.74 Å². The minimum absolute atomic E-state index is 0.0192. The summed E-state index contributed by atoms with van der Waals surface area (Å²) in [5.41, 5.74) is 1.81. The smallest absolute Gasteiger partial charge is 0.409 e. The lowest BCUT2D eigenvalue weighted by atomic mass is 10.1. The van der Waals surface area contributed by atoms with E-state index in [9.17, 15) is 14.0 Å². The predicted octanol–water partition coefficient (Wildman–Crippen LogP) is 3.96. The van der Waals surface area contributed by atoms with Crippen LogP contribution in [0.25, 0.3) is 11.4 Å². The zero-order chi connectivity index (χ0) is 24.6. The fourth-order valence-electron chi connectivity index (χ4n) is 3.94. The molecule has 1 aliphatic rings. The van der Waals surface area contributed by atoms with Gasteiger partial charge in [0.25, 0.3) is 0 Å². The van der Waals surface area contributed by atoms with Crippen LogP contribution < -0.4 is 5.32 Å². The number of hydrogen-bond acceptors (Lipinski definition) is 6. The Hall–Kier alpha value is -3.40. The van der Waals surface area contributed by atoms with Crippen LogP contribution in [-0.4, -0.2) is 63.2 Å². The van der Waals surface area contributed by atoms with Crippen molar-refractivity contribution in [3.63, 3.8) is 0 Å². The molecule has 0 spiro atoms. The minimum Gasteiger partial charge on any atom is -0.450 e. The van der Waals surface area contributed by atoms with Crippen LogP contribution in [0.5, 0.6) is 0 Å². The van der Waals surface area contributed by atoms with Crippen LogP contribution in [0.4, 0.5) is 9.18 Å². The van der Waals surface area contributed by atoms with Crippen molar-refractivity contribution in [3.05, 3.63) is 66.0 Å². The highest BCUT2D eigenvalue weighted by Crippen LogP contribution is 2.25. The van der Waals surface area contributed by atoms with E-state index in [1.807, 2.05) is 34.9 Å². The topological polar surface area (TPSA) is 89.3 Å². The van der Waals surface area contributed by atoms with Crippen molar-refractivity contribution < 1.29 is 18.7 Å². The van der Waals surface area contributed by atoms with Crippen molar-refractivity contribution in [1.29, 1.82) is 0 Å². The first-order valence-electron chi connectivity index (χ1n) is 11.6. The Kier molecular flexibility index (Phi) is 8.36. The Balaban J connectivity index is 1.39. The van der Waals surface area contributed by atoms with Crippen molar-refractivity contribution in [2.24, 2.45) is 0 Å². The number of carbonyl (C=O) groups is 2. The number of nitrogens with zero attached hydrogens (tertiary/aromatic N) is 4. The summed E-state index contributed by atoms with van der Waals surface area (Å²) in [4.78, 5) is 26.2. The molecule has 10 heteroatoms. The van der Waals surface area contributed by atoms with Gasteiger partial charge in [0, 0.05) is 24.7 Å². The third-order valence-electron chi connectivity index (χ3n) is 5.72. The summed E-state index contributed by atoms with van der Waals surface area (Å²) in [7, 11) is 0. The summed E-state index contributed by atoms with van der Waals surface area (Å²) in [5, 5.41) is 12.3. The van der Waals surface area contributed by atoms with E-state index >= 15 is 0 Å². The van der Waals surface area contributed by atoms with Crippen molar-refractivity contribution in [1.82, 2.24) is 25.0 Å². The van der Waals surface area contributed by atoms with Crippen LogP contribution in [0, 0.1) is 5.82 Å². The maximum atomic E-state index is 13.4. The Morgan fingerprint density at radius 2 is 1.80 bits per heavy atom. The monoisotopic (exact) mass is 497 g/mol. The number of aromatic nitrogens is 3. The Morgan fingerprint density at radius 1 is 1.09 bits per heavy atom. The van der Waals surface area contributed by atoms with Gasteiger partial charge in [0.05, 0.1) is 18.9 Å². The van der Waals surface area contributed by atoms with Gasteiger partial charge in [-0.3, -0.25) is 9.36 Å². The van der Waals surface area contributed by atoms with Gasteiger partial charge in [-0.1, -0.05) is 42.1 Å². The van der Waals surface area contributed by atoms with Crippen molar-refractivity contribution >= 4 is 23.8 Å². The first-order valence-corrected chi connectivity index (χ1v) is 12.6. The molecule has 2 heterocycles. The lowest BCUT2D eigenvalue weighted by molar-refractivity contribution is -0.119. The molecule has 3 aromatic rings. The molecule has 35 heavy (non-hydrogen) atoms. The van der Waals surface area contributed by atoms with E-state index in [1.165, 1.54) is 23.9 Å². The highest BCUT2D eigenvalue weighted by Gasteiger charge is 2.25. The van der Waals surface area contributed by atoms with Crippen LogP contribution in [-0.2, 0) is 16.1 Å². The highest BCUT2D eigenvalue weighted by molar-refractivity contribution is 7.99. The second kappa shape index (κ2) is 11.8. The average Bonchev–Trinajstić information content (AvgIpc) is 3.26. The molecule has 0 unspecified atom stereocenters. The van der Waals surface area contributed by atoms with Crippen LogP contribution >= 0.6 is 11.8 Å². The fourth-order valence-corrected chi connectivity index (χ4v) is 4.69. The molecular weight excluding hydrogens is 469 g/mol. The van der Waals surface area contributed by atoms with Crippen molar-refractivity contribution in [2.75, 3.05) is 25.4 Å². The van der Waals surface area contributed by atoms with Gasteiger partial charge in [0.1, 0.15) is 5.82 Å². The van der Waals surface area contributed by atoms with E-state index in [0.717, 1.165) is 11.1 Å². The Morgan fingerprint density at radius 3 is 2.49 bits per heavy atom. The lowest BCUT2D eigenvalue weighted by Crippen LogP contribution is -2.47. The van der Waals surface area contributed by atoms with E-state index < -0.39 is 0 Å². The number of amides is 2. The van der Waals surface area contributed by atoms with E-state index in [2.05, 4.69) is 15.5 Å². The normalized spacial score (nSPS) is 14.1. The van der Waals surface area contributed by atoms with E-state index in [-0.39, 0.29) is 29.6 Å². The Bertz CT molecular complexity index is 1130. The quantitative estimate of drug-likeness (QED) is 0.474. The number of hydrogen-bond donors (Lipinski definition) is 1. The summed E-state index contributed by atoms with van der Waals surface area (Å²) in [6, 6.07) is 16.1. The number of thioether (sulfide) groups is 1. The molecule has 1 aliphatic heterocycles. The second-order valence-corrected chi connectivity index (χ2v) is 9.14. The SMILES string of the molecule is CCOC(=O)N1CCC(NC(=O)CSc2nnc(-c3ccc(F)cc3)n2Cc2ccccc2)CC1. The maximum Gasteiger partial charge on any atom is 0.409 e. The van der Waals surface area contributed by atoms with Gasteiger partial charge >= 0.3 is 6.09 Å². The maximum absolute atomic E-state index is 13.4. The molecule has 2 aromatic carbocycles. The van der Waals surface area contributed by atoms with E-state index in [0.29, 0.717) is 50.1 Å². The molecule has 8 nitrogen and oxygen atoms in total. The van der Waals surface area contributed by atoms with Gasteiger partial charge in [-0.2, -0.15) is 0 Å². The van der Waals surface area contributed by atoms with Crippen molar-refractivity contribution in [2.45, 2.75) is 37.5 Å². The summed E-state index contributed by atoms with van der Waals surface area (Å²) in [6.07, 6.45) is 1.07. The molecule has 2 amide bonds. The average molecular weight is 498 g/mol. The largest absolute Gasteiger partial charge is 0.450 e. The zero-order valence-corrected chi connectivity index (χ0v) is 20.3. The van der Waals surface area contributed by atoms with Crippen LogP contribution in [0.15, 0.2) is 59.8 Å². The molecule has 184 valence electrons. The van der Waals surface area contributed by atoms with Gasteiger partial charge in [-0.25, -0.2) is 9.18 Å². The molecule has 0 saturated carbocycles. The molecular formula is C25H28FN5O3S. The standard InChI is InChI=1S/C25H28FN5O3S/c1-2-34-25(33)30-14-12-21(13-15-30)27-22(32)17-35-24-29-28-23(19-8-10-20(26)11-9-19)31(24)16-18-6-4-3-5-7-18/h3-11,21H,2,12-17H2,1H3,(H,27,32). The summed E-state index contributed by atoms with van der Waals surface area (Å²) < 4.78 is 20.4. The van der Waals surface area contributed by atoms with Crippen LogP contribution in [0.1, 0.15) is 25.3 Å². The molecule has 1 fully saturated rings. The molecule has 0 radical (unpaired) electrons. The predicted molar refractivity (Wildman–Crippen MR) is 131 cm³/mol. The summed E-state index contributed by atoms with van der Waals surface area (Å²) in [6.45, 7) is 3.78. The molecule has 1 aromatic heterocycles. The first-order chi connectivity index (χ1) is 17.0. The van der Waals surface area contributed by atoms with E-state index in [1.54, 1.807) is 24.0 Å². The number of likely N-dealkylation sites (tertiary alicyclic amines) is 1. The number of piperidine rings is 1. The number of ether oxygens (including phenoxy) is 1. The number of halogens is 1. The van der Waals surface area contributed by atoms with Gasteiger partial charge in [0.2, 0.25) is 5.91 Å². The minimum atomic E-state index is -0.317. The molecule has 1 N–H and O–H groups in total. The third kappa shape index (κ3) is 6.60. The molecule has 0 atom stereocenters. The number of carbonyl (C=O) groups excluding carboxylic acids is 2. The summed E-state index contributed by atoms with van der Waals surface area (Å²) >= 11 is 1.31. The zero-order valence-electron chi connectivity index (χ0n) is 19.5. The molecule has 0 aliphatic carbocycles. The van der Waals surface area contributed by atoms with Crippen molar-refractivity contribution in [3.8, 4) is 11.4 Å². The number of rotatable bonds is 8. The van der Waals surface area contributed by atoms with Gasteiger partial charge in [-0.15, -0.1) is 10.2 Å². The van der Waals surface area contributed by atoms with Gasteiger partial charge in [0.15, 0.2) is 11.0 Å². The van der Waals surface area contributed by atoms with Gasteiger partial charge in [-0.05, 0) is 49.6 Å². The molecule has 0 bridgehead atoms. The van der Waals surface area contributed by atoms with Crippen LogP contribution in [0.2, 0.25) is 0 Å². The van der Waals surface area contributed by atoms with Gasteiger partial charge < -0.3 is 15.0 Å².